The van der Waals surface area contributed by atoms with Gasteiger partial charge in [0.25, 0.3) is 0 Å². The highest BCUT2D eigenvalue weighted by molar-refractivity contribution is 5.53. The van der Waals surface area contributed by atoms with Crippen LogP contribution >= 0.6 is 0 Å². The third-order valence-corrected chi connectivity index (χ3v) is 2.96. The lowest BCUT2D eigenvalue weighted by atomic mass is 10.1. The molecule has 2 aromatic carbocycles. The number of aryl methyl sites for hydroxylation is 1. The Kier molecular flexibility index (Phi) is 3.97. The van der Waals surface area contributed by atoms with Gasteiger partial charge >= 0.3 is 6.18 Å². The molecule has 0 fully saturated rings. The number of alkyl halides is 3. The fourth-order valence-electron chi connectivity index (χ4n) is 1.79. The number of rotatable bonds is 3. The number of nitrogens with one attached hydrogen (secondary N) is 1. The maximum atomic E-state index is 12.8. The van der Waals surface area contributed by atoms with Gasteiger partial charge in [0.05, 0.1) is 5.56 Å². The fourth-order valence-corrected chi connectivity index (χ4v) is 1.79. The molecule has 0 saturated heterocycles. The summed E-state index contributed by atoms with van der Waals surface area (Å²) in [7, 11) is 0. The molecule has 0 aliphatic carbocycles. The second-order valence-corrected chi connectivity index (χ2v) is 4.51. The van der Waals surface area contributed by atoms with E-state index in [4.69, 9.17) is 0 Å². The molecule has 0 atom stereocenters. The summed E-state index contributed by atoms with van der Waals surface area (Å²) in [6.07, 6.45) is -4.36. The molecule has 2 rings (SSSR count). The molecule has 0 amide bonds. The molecule has 0 heterocycles. The van der Waals surface area contributed by atoms with Gasteiger partial charge in [0.15, 0.2) is 0 Å². The van der Waals surface area contributed by atoms with Gasteiger partial charge in [0, 0.05) is 12.2 Å². The number of anilines is 1. The molecule has 20 heavy (non-hydrogen) atoms. The lowest BCUT2D eigenvalue weighted by molar-refractivity contribution is -0.137. The lowest BCUT2D eigenvalue weighted by Gasteiger charge is -2.13. The number of hydrogen-bond donors (Lipinski definition) is 1. The predicted octanol–water partition coefficient (Wildman–Crippen LogP) is 4.77. The van der Waals surface area contributed by atoms with Crippen LogP contribution in [0.25, 0.3) is 0 Å². The summed E-state index contributed by atoms with van der Waals surface area (Å²) in [5.41, 5.74) is 1.25. The van der Waals surface area contributed by atoms with Crippen LogP contribution in [-0.2, 0) is 12.7 Å². The van der Waals surface area contributed by atoms with Gasteiger partial charge in [-0.25, -0.2) is 4.39 Å². The van der Waals surface area contributed by atoms with Crippen molar-refractivity contribution in [3.63, 3.8) is 0 Å². The minimum Gasteiger partial charge on any atom is -0.381 e. The van der Waals surface area contributed by atoms with Crippen LogP contribution in [0.2, 0.25) is 0 Å². The van der Waals surface area contributed by atoms with E-state index in [1.165, 1.54) is 18.2 Å². The van der Waals surface area contributed by atoms with Crippen LogP contribution in [0.5, 0.6) is 0 Å². The maximum Gasteiger partial charge on any atom is 0.416 e. The summed E-state index contributed by atoms with van der Waals surface area (Å²) in [5.74, 6) is -0.344. The molecule has 106 valence electrons. The van der Waals surface area contributed by atoms with E-state index in [1.807, 2.05) is 0 Å². The quantitative estimate of drug-likeness (QED) is 0.800. The highest BCUT2D eigenvalue weighted by Gasteiger charge is 2.30. The van der Waals surface area contributed by atoms with E-state index >= 15 is 0 Å². The standard InChI is InChI=1S/C15H13F4N/c1-10-2-5-12(15(17,18)19)8-14(10)20-9-11-3-6-13(16)7-4-11/h2-8,20H,9H2,1H3. The Balaban J connectivity index is 2.14. The van der Waals surface area contributed by atoms with E-state index in [1.54, 1.807) is 19.1 Å². The van der Waals surface area contributed by atoms with Crippen LogP contribution in [0, 0.1) is 12.7 Å². The number of hydrogen-bond acceptors (Lipinski definition) is 1. The van der Waals surface area contributed by atoms with Gasteiger partial charge < -0.3 is 5.32 Å². The molecule has 1 nitrogen and oxygen atoms in total. The van der Waals surface area contributed by atoms with Crippen LogP contribution in [0.15, 0.2) is 42.5 Å². The number of halogens is 4. The largest absolute Gasteiger partial charge is 0.416 e. The summed E-state index contributed by atoms with van der Waals surface area (Å²) in [6, 6.07) is 9.37. The van der Waals surface area contributed by atoms with E-state index in [-0.39, 0.29) is 5.82 Å². The first-order valence-corrected chi connectivity index (χ1v) is 6.02. The predicted molar refractivity (Wildman–Crippen MR) is 69.9 cm³/mol. The summed E-state index contributed by atoms with van der Waals surface area (Å²) < 4.78 is 50.7. The molecule has 0 spiro atoms. The molecule has 0 saturated carbocycles. The zero-order chi connectivity index (χ0) is 14.8. The van der Waals surface area contributed by atoms with E-state index < -0.39 is 11.7 Å². The molecule has 0 aliphatic rings. The third kappa shape index (κ3) is 3.50. The van der Waals surface area contributed by atoms with Crippen molar-refractivity contribution >= 4 is 5.69 Å². The zero-order valence-corrected chi connectivity index (χ0v) is 10.8. The van der Waals surface area contributed by atoms with Crippen molar-refractivity contribution in [1.29, 1.82) is 0 Å². The van der Waals surface area contributed by atoms with Crippen molar-refractivity contribution in [3.8, 4) is 0 Å². The average Bonchev–Trinajstić information content (AvgIpc) is 2.38. The monoisotopic (exact) mass is 283 g/mol. The molecule has 0 radical (unpaired) electrons. The number of benzene rings is 2. The molecule has 0 aliphatic heterocycles. The van der Waals surface area contributed by atoms with E-state index in [2.05, 4.69) is 5.32 Å². The summed E-state index contributed by atoms with van der Waals surface area (Å²) in [5, 5.41) is 2.94. The summed E-state index contributed by atoms with van der Waals surface area (Å²) in [4.78, 5) is 0. The first-order chi connectivity index (χ1) is 9.36. The highest BCUT2D eigenvalue weighted by atomic mass is 19.4. The van der Waals surface area contributed by atoms with Gasteiger partial charge in [-0.3, -0.25) is 0 Å². The van der Waals surface area contributed by atoms with Crippen molar-refractivity contribution in [1.82, 2.24) is 0 Å². The Morgan fingerprint density at radius 2 is 1.65 bits per heavy atom. The summed E-state index contributed by atoms with van der Waals surface area (Å²) >= 11 is 0. The summed E-state index contributed by atoms with van der Waals surface area (Å²) in [6.45, 7) is 2.07. The van der Waals surface area contributed by atoms with Crippen LogP contribution in [0.1, 0.15) is 16.7 Å². The minimum atomic E-state index is -4.36. The third-order valence-electron chi connectivity index (χ3n) is 2.96. The molecule has 0 aromatic heterocycles. The van der Waals surface area contributed by atoms with E-state index in [9.17, 15) is 17.6 Å². The molecular formula is C15H13F4N. The van der Waals surface area contributed by atoms with Crippen LogP contribution in [0.3, 0.4) is 0 Å². The van der Waals surface area contributed by atoms with E-state index in [0.717, 1.165) is 23.3 Å². The van der Waals surface area contributed by atoms with Crippen molar-refractivity contribution in [2.75, 3.05) is 5.32 Å². The normalized spacial score (nSPS) is 11.4. The molecule has 0 unspecified atom stereocenters. The molecule has 5 heteroatoms. The van der Waals surface area contributed by atoms with Gasteiger partial charge in [-0.2, -0.15) is 13.2 Å². The van der Waals surface area contributed by atoms with E-state index in [0.29, 0.717) is 12.2 Å². The van der Waals surface area contributed by atoms with Crippen molar-refractivity contribution in [2.24, 2.45) is 0 Å². The molecule has 0 bridgehead atoms. The fraction of sp³-hybridized carbons (Fsp3) is 0.200. The average molecular weight is 283 g/mol. The second kappa shape index (κ2) is 5.53. The highest BCUT2D eigenvalue weighted by Crippen LogP contribution is 2.32. The van der Waals surface area contributed by atoms with Crippen molar-refractivity contribution in [3.05, 3.63) is 65.0 Å². The van der Waals surface area contributed by atoms with Crippen LogP contribution in [0.4, 0.5) is 23.2 Å². The van der Waals surface area contributed by atoms with Gasteiger partial charge in [0.2, 0.25) is 0 Å². The van der Waals surface area contributed by atoms with Crippen molar-refractivity contribution in [2.45, 2.75) is 19.6 Å². The second-order valence-electron chi connectivity index (χ2n) is 4.51. The minimum absolute atomic E-state index is 0.336. The van der Waals surface area contributed by atoms with Gasteiger partial charge in [-0.05, 0) is 42.3 Å². The Bertz CT molecular complexity index is 588. The van der Waals surface area contributed by atoms with Crippen LogP contribution in [-0.4, -0.2) is 0 Å². The molecular weight excluding hydrogens is 270 g/mol. The first-order valence-electron chi connectivity index (χ1n) is 6.02. The Morgan fingerprint density at radius 3 is 2.25 bits per heavy atom. The Morgan fingerprint density at radius 1 is 1.00 bits per heavy atom. The molecule has 1 N–H and O–H groups in total. The maximum absolute atomic E-state index is 12.8. The smallest absolute Gasteiger partial charge is 0.381 e. The van der Waals surface area contributed by atoms with Gasteiger partial charge in [-0.1, -0.05) is 18.2 Å². The topological polar surface area (TPSA) is 12.0 Å². The van der Waals surface area contributed by atoms with Gasteiger partial charge in [-0.15, -0.1) is 0 Å². The SMILES string of the molecule is Cc1ccc(C(F)(F)F)cc1NCc1ccc(F)cc1. The Hall–Kier alpha value is -2.04. The van der Waals surface area contributed by atoms with Gasteiger partial charge in [0.1, 0.15) is 5.82 Å². The zero-order valence-electron chi connectivity index (χ0n) is 10.8. The Labute approximate surface area is 114 Å². The lowest BCUT2D eigenvalue weighted by Crippen LogP contribution is -2.07. The molecule has 2 aromatic rings. The van der Waals surface area contributed by atoms with Crippen LogP contribution < -0.4 is 5.32 Å². The first kappa shape index (κ1) is 14.4. The van der Waals surface area contributed by atoms with Crippen molar-refractivity contribution < 1.29 is 17.6 Å².